The van der Waals surface area contributed by atoms with Crippen LogP contribution in [0.1, 0.15) is 18.4 Å². The van der Waals surface area contributed by atoms with E-state index in [1.807, 2.05) is 36.4 Å². The number of hydrogen-bond acceptors (Lipinski definition) is 6. The number of carbonyl (C=O) groups is 1. The van der Waals surface area contributed by atoms with Gasteiger partial charge in [-0.15, -0.1) is 11.3 Å². The standard InChI is InChI=1S/C21H20N4O3S/c22-10-14-11-23-20(24-16-7-4-8-25(21(27)28)17(16)12-26)15-9-18(29-19(14)15)13-5-2-1-3-6-13/h1-3,5-6,9,11,16-17,26H,4,7-8,12H2,(H,23,24)(H,27,28). The lowest BCUT2D eigenvalue weighted by molar-refractivity contribution is 0.0714. The van der Waals surface area contributed by atoms with E-state index in [0.29, 0.717) is 24.3 Å². The third kappa shape index (κ3) is 3.62. The molecule has 29 heavy (non-hydrogen) atoms. The number of piperidine rings is 1. The highest BCUT2D eigenvalue weighted by Gasteiger charge is 2.34. The lowest BCUT2D eigenvalue weighted by Crippen LogP contribution is -2.55. The summed E-state index contributed by atoms with van der Waals surface area (Å²) < 4.78 is 0.843. The highest BCUT2D eigenvalue weighted by molar-refractivity contribution is 7.22. The Morgan fingerprint density at radius 3 is 2.86 bits per heavy atom. The number of nitriles is 1. The molecule has 0 radical (unpaired) electrons. The van der Waals surface area contributed by atoms with E-state index in [4.69, 9.17) is 0 Å². The number of rotatable bonds is 4. The number of benzene rings is 1. The number of aliphatic hydroxyl groups is 1. The summed E-state index contributed by atoms with van der Waals surface area (Å²) in [4.78, 5) is 18.3. The molecule has 148 valence electrons. The van der Waals surface area contributed by atoms with Crippen molar-refractivity contribution in [1.29, 1.82) is 5.26 Å². The lowest BCUT2D eigenvalue weighted by atomic mass is 9.96. The minimum Gasteiger partial charge on any atom is -0.465 e. The second-order valence-corrected chi connectivity index (χ2v) is 8.02. The van der Waals surface area contributed by atoms with Crippen molar-refractivity contribution in [3.8, 4) is 16.5 Å². The quantitative estimate of drug-likeness (QED) is 0.607. The smallest absolute Gasteiger partial charge is 0.407 e. The fourth-order valence-corrected chi connectivity index (χ4v) is 4.95. The number of pyridine rings is 1. The molecule has 1 saturated heterocycles. The normalized spacial score (nSPS) is 19.1. The van der Waals surface area contributed by atoms with Gasteiger partial charge in [0.15, 0.2) is 0 Å². The number of fused-ring (bicyclic) bond motifs is 1. The fourth-order valence-electron chi connectivity index (χ4n) is 3.83. The van der Waals surface area contributed by atoms with Gasteiger partial charge in [0, 0.05) is 23.0 Å². The number of likely N-dealkylation sites (tertiary alicyclic amines) is 1. The summed E-state index contributed by atoms with van der Waals surface area (Å²) >= 11 is 1.53. The molecule has 1 fully saturated rings. The first kappa shape index (κ1) is 19.2. The van der Waals surface area contributed by atoms with Gasteiger partial charge < -0.3 is 20.4 Å². The van der Waals surface area contributed by atoms with Crippen molar-refractivity contribution in [1.82, 2.24) is 9.88 Å². The minimum atomic E-state index is -1.03. The number of amides is 1. The van der Waals surface area contributed by atoms with E-state index >= 15 is 0 Å². The zero-order valence-electron chi connectivity index (χ0n) is 15.6. The van der Waals surface area contributed by atoms with E-state index in [1.165, 1.54) is 16.2 Å². The molecule has 3 N–H and O–H groups in total. The Kier molecular flexibility index (Phi) is 5.34. The number of nitrogens with one attached hydrogen (secondary N) is 1. The average Bonchev–Trinajstić information content (AvgIpc) is 3.20. The Labute approximate surface area is 171 Å². The molecule has 0 bridgehead atoms. The minimum absolute atomic E-state index is 0.256. The maximum absolute atomic E-state index is 11.5. The van der Waals surface area contributed by atoms with Gasteiger partial charge in [-0.2, -0.15) is 5.26 Å². The predicted octanol–water partition coefficient (Wildman–Crippen LogP) is 3.75. The Hall–Kier alpha value is -3.15. The van der Waals surface area contributed by atoms with Crippen molar-refractivity contribution in [2.45, 2.75) is 24.9 Å². The maximum atomic E-state index is 11.5. The van der Waals surface area contributed by atoms with Crippen molar-refractivity contribution < 1.29 is 15.0 Å². The van der Waals surface area contributed by atoms with E-state index in [1.54, 1.807) is 6.20 Å². The lowest BCUT2D eigenvalue weighted by Gasteiger charge is -2.39. The van der Waals surface area contributed by atoms with E-state index in [2.05, 4.69) is 16.4 Å². The van der Waals surface area contributed by atoms with Crippen LogP contribution in [-0.2, 0) is 0 Å². The molecule has 4 rings (SSSR count). The van der Waals surface area contributed by atoms with Crippen molar-refractivity contribution in [2.75, 3.05) is 18.5 Å². The SMILES string of the molecule is N#Cc1cnc(NC2CCCN(C(=O)O)C2CO)c2cc(-c3ccccc3)sc12. The first-order chi connectivity index (χ1) is 14.1. The Bertz CT molecular complexity index is 1080. The number of hydrogen-bond donors (Lipinski definition) is 3. The number of aliphatic hydroxyl groups excluding tert-OH is 1. The summed E-state index contributed by atoms with van der Waals surface area (Å²) in [5.41, 5.74) is 1.57. The molecular weight excluding hydrogens is 388 g/mol. The van der Waals surface area contributed by atoms with Crippen LogP contribution in [0.4, 0.5) is 10.6 Å². The van der Waals surface area contributed by atoms with Gasteiger partial charge in [-0.05, 0) is 24.5 Å². The zero-order valence-corrected chi connectivity index (χ0v) is 16.4. The van der Waals surface area contributed by atoms with Crippen LogP contribution in [-0.4, -0.2) is 51.4 Å². The second-order valence-electron chi connectivity index (χ2n) is 6.97. The van der Waals surface area contributed by atoms with Crippen LogP contribution in [0, 0.1) is 11.3 Å². The molecule has 1 aromatic carbocycles. The van der Waals surface area contributed by atoms with E-state index < -0.39 is 12.1 Å². The molecule has 2 unspecified atom stereocenters. The predicted molar refractivity (Wildman–Crippen MR) is 112 cm³/mol. The van der Waals surface area contributed by atoms with E-state index in [-0.39, 0.29) is 12.6 Å². The zero-order chi connectivity index (χ0) is 20.4. The molecule has 3 aromatic rings. The summed E-state index contributed by atoms with van der Waals surface area (Å²) in [7, 11) is 0. The molecule has 2 aromatic heterocycles. The van der Waals surface area contributed by atoms with Gasteiger partial charge in [-0.25, -0.2) is 9.78 Å². The fraction of sp³-hybridized carbons (Fsp3) is 0.286. The number of thiophene rings is 1. The van der Waals surface area contributed by atoms with Gasteiger partial charge >= 0.3 is 6.09 Å². The first-order valence-electron chi connectivity index (χ1n) is 9.37. The molecule has 1 aliphatic rings. The van der Waals surface area contributed by atoms with Crippen LogP contribution in [0.25, 0.3) is 20.5 Å². The average molecular weight is 408 g/mol. The summed E-state index contributed by atoms with van der Waals surface area (Å²) in [6.45, 7) is 0.147. The van der Waals surface area contributed by atoms with Crippen molar-refractivity contribution in [3.63, 3.8) is 0 Å². The Morgan fingerprint density at radius 1 is 1.38 bits per heavy atom. The van der Waals surface area contributed by atoms with Gasteiger partial charge in [-0.3, -0.25) is 0 Å². The van der Waals surface area contributed by atoms with Gasteiger partial charge in [0.1, 0.15) is 11.9 Å². The molecule has 1 amide bonds. The molecule has 3 heterocycles. The van der Waals surface area contributed by atoms with Crippen molar-refractivity contribution >= 4 is 33.3 Å². The van der Waals surface area contributed by atoms with Crippen LogP contribution >= 0.6 is 11.3 Å². The van der Waals surface area contributed by atoms with Crippen LogP contribution < -0.4 is 5.32 Å². The molecular formula is C21H20N4O3S. The molecule has 0 spiro atoms. The topological polar surface area (TPSA) is 109 Å². The third-order valence-electron chi connectivity index (χ3n) is 5.27. The molecule has 2 atom stereocenters. The van der Waals surface area contributed by atoms with E-state index in [0.717, 1.165) is 26.9 Å². The van der Waals surface area contributed by atoms with Gasteiger partial charge in [0.25, 0.3) is 0 Å². The summed E-state index contributed by atoms with van der Waals surface area (Å²) in [5.74, 6) is 0.605. The van der Waals surface area contributed by atoms with Gasteiger partial charge in [-0.1, -0.05) is 30.3 Å². The first-order valence-corrected chi connectivity index (χ1v) is 10.2. The third-order valence-corrected chi connectivity index (χ3v) is 6.48. The number of carboxylic acid groups (broad SMARTS) is 1. The molecule has 1 aliphatic heterocycles. The highest BCUT2D eigenvalue weighted by atomic mass is 32.1. The highest BCUT2D eigenvalue weighted by Crippen LogP contribution is 2.38. The van der Waals surface area contributed by atoms with Gasteiger partial charge in [0.05, 0.1) is 29.0 Å². The Morgan fingerprint density at radius 2 is 2.17 bits per heavy atom. The van der Waals surface area contributed by atoms with E-state index in [9.17, 15) is 20.3 Å². The molecule has 0 aliphatic carbocycles. The van der Waals surface area contributed by atoms with Crippen LogP contribution in [0.3, 0.4) is 0 Å². The molecule has 8 heteroatoms. The summed E-state index contributed by atoms with van der Waals surface area (Å²) in [6, 6.07) is 13.3. The summed E-state index contributed by atoms with van der Waals surface area (Å²) in [6.07, 6.45) is 1.95. The maximum Gasteiger partial charge on any atom is 0.407 e. The van der Waals surface area contributed by atoms with Crippen LogP contribution in [0.5, 0.6) is 0 Å². The van der Waals surface area contributed by atoms with Crippen LogP contribution in [0.2, 0.25) is 0 Å². The van der Waals surface area contributed by atoms with Gasteiger partial charge in [0.2, 0.25) is 0 Å². The van der Waals surface area contributed by atoms with Crippen molar-refractivity contribution in [2.24, 2.45) is 0 Å². The largest absolute Gasteiger partial charge is 0.465 e. The Balaban J connectivity index is 1.73. The summed E-state index contributed by atoms with van der Waals surface area (Å²) in [5, 5.41) is 32.9. The second kappa shape index (κ2) is 8.07. The molecule has 0 saturated carbocycles. The van der Waals surface area contributed by atoms with Crippen LogP contribution in [0.15, 0.2) is 42.6 Å². The number of aromatic nitrogens is 1. The van der Waals surface area contributed by atoms with Crippen molar-refractivity contribution in [3.05, 3.63) is 48.2 Å². The molecule has 7 nitrogen and oxygen atoms in total. The number of anilines is 1. The monoisotopic (exact) mass is 408 g/mol. The number of nitrogens with zero attached hydrogens (tertiary/aromatic N) is 3.